The summed E-state index contributed by atoms with van der Waals surface area (Å²) in [5.41, 5.74) is 26.5. The van der Waals surface area contributed by atoms with Gasteiger partial charge in [0, 0.05) is 68.2 Å². The van der Waals surface area contributed by atoms with Gasteiger partial charge in [0.05, 0.1) is 17.8 Å². The third-order valence-electron chi connectivity index (χ3n) is 18.4. The van der Waals surface area contributed by atoms with Crippen molar-refractivity contribution >= 4 is 17.1 Å². The summed E-state index contributed by atoms with van der Waals surface area (Å²) in [6.07, 6.45) is 17.7. The van der Waals surface area contributed by atoms with Gasteiger partial charge in [0.15, 0.2) is 0 Å². The van der Waals surface area contributed by atoms with Gasteiger partial charge in [0.1, 0.15) is 0 Å². The third kappa shape index (κ3) is 10.5. The van der Waals surface area contributed by atoms with Crippen LogP contribution in [0.15, 0.2) is 291 Å². The number of benzene rings is 12. The van der Waals surface area contributed by atoms with Crippen molar-refractivity contribution in [3.63, 3.8) is 0 Å². The van der Waals surface area contributed by atoms with Crippen LogP contribution in [-0.2, 0) is 0 Å². The minimum Gasteiger partial charge on any atom is -0.311 e. The fourth-order valence-electron chi connectivity index (χ4n) is 14.2. The highest BCUT2D eigenvalue weighted by Gasteiger charge is 2.38. The SMILES string of the molecule is C#Cc1cccc(C#CC(c2ccc(N(c3ccc(C(C#Cc4cccc(C#C)c4)C4c5ccccc5-c5ccccc54)cc3)c3ccc(C(C#Cc4cccc(C#C)c4)C4c5ccccc5-c5ccccc54)cc3)cc2)C2c3ccccc3-c3ccccc32)c1. The number of fused-ring (bicyclic) bond motifs is 9. The number of anilines is 3. The van der Waals surface area contributed by atoms with E-state index in [0.717, 1.165) is 67.1 Å². The summed E-state index contributed by atoms with van der Waals surface area (Å²) in [4.78, 5) is 2.36. The molecule has 0 bridgehead atoms. The zero-order valence-corrected chi connectivity index (χ0v) is 49.9. The van der Waals surface area contributed by atoms with E-state index in [1.165, 1.54) is 66.8 Å². The number of hydrogen-bond acceptors (Lipinski definition) is 1. The summed E-state index contributed by atoms with van der Waals surface area (Å²) < 4.78 is 0. The van der Waals surface area contributed by atoms with Crippen LogP contribution in [0.2, 0.25) is 0 Å². The van der Waals surface area contributed by atoms with Crippen LogP contribution in [0.4, 0.5) is 17.1 Å². The van der Waals surface area contributed by atoms with Crippen LogP contribution < -0.4 is 4.90 Å². The van der Waals surface area contributed by atoms with E-state index < -0.39 is 0 Å². The Bertz CT molecular complexity index is 4500. The van der Waals surface area contributed by atoms with Gasteiger partial charge in [-0.2, -0.15) is 0 Å². The summed E-state index contributed by atoms with van der Waals surface area (Å²) in [6.45, 7) is 0. The van der Waals surface area contributed by atoms with Crippen LogP contribution in [0.3, 0.4) is 0 Å². The van der Waals surface area contributed by atoms with E-state index in [0.29, 0.717) is 0 Å². The molecule has 0 heterocycles. The number of hydrogen-bond donors (Lipinski definition) is 0. The van der Waals surface area contributed by atoms with Crippen molar-refractivity contribution in [1.29, 1.82) is 0 Å². The van der Waals surface area contributed by atoms with Crippen LogP contribution in [0.1, 0.15) is 119 Å². The van der Waals surface area contributed by atoms with E-state index in [2.05, 4.69) is 277 Å². The standard InChI is InChI=1S/C90H57N/c1-4-61-22-19-25-64(58-61)40-55-73(88-82-34-13-7-28-76(82)77-29-8-14-35-83(77)88)67-43-49-70(50-44-67)91(71-51-45-68(46-52-71)74(56-41-65-26-20-23-62(5-2)59-65)89-84-36-15-9-30-78(84)79-31-10-16-37-85(79)89)72-53-47-69(48-54-72)75(57-42-66-27-21-24-63(6-3)60-66)90-86-38-17-11-32-80(86)81-33-12-18-39-87(81)90/h1-3,7-39,43-54,58-60,73-75,88-90H. The van der Waals surface area contributed by atoms with Crippen LogP contribution in [0, 0.1) is 72.6 Å². The van der Waals surface area contributed by atoms with E-state index >= 15 is 0 Å². The maximum atomic E-state index is 5.91. The van der Waals surface area contributed by atoms with Crippen molar-refractivity contribution in [3.05, 3.63) is 375 Å². The highest BCUT2D eigenvalue weighted by atomic mass is 15.1. The Morgan fingerprint density at radius 3 is 0.692 bits per heavy atom. The topological polar surface area (TPSA) is 3.24 Å². The average Bonchev–Trinajstić information content (AvgIpc) is 1.64. The fourth-order valence-corrected chi connectivity index (χ4v) is 14.2. The third-order valence-corrected chi connectivity index (χ3v) is 18.4. The summed E-state index contributed by atoms with van der Waals surface area (Å²) in [7, 11) is 0. The Morgan fingerprint density at radius 2 is 0.462 bits per heavy atom. The molecular weight excluding hydrogens is 1090 g/mol. The van der Waals surface area contributed by atoms with Crippen molar-refractivity contribution in [3.8, 4) is 106 Å². The number of terminal acetylenes is 3. The molecular formula is C90H57N. The molecule has 0 N–H and O–H groups in total. The van der Waals surface area contributed by atoms with Crippen molar-refractivity contribution in [2.24, 2.45) is 0 Å². The van der Waals surface area contributed by atoms with Crippen molar-refractivity contribution in [2.75, 3.05) is 4.90 Å². The minimum absolute atomic E-state index is 0.00927. The molecule has 0 saturated heterocycles. The molecule has 0 saturated carbocycles. The number of nitrogens with zero attached hydrogens (tertiary/aromatic N) is 1. The molecule has 0 radical (unpaired) electrons. The smallest absolute Gasteiger partial charge is 0.0565 e. The van der Waals surface area contributed by atoms with Gasteiger partial charge >= 0.3 is 0 Å². The van der Waals surface area contributed by atoms with E-state index in [-0.39, 0.29) is 35.5 Å². The Labute approximate surface area is 534 Å². The maximum absolute atomic E-state index is 5.91. The largest absolute Gasteiger partial charge is 0.311 e. The Morgan fingerprint density at radius 1 is 0.242 bits per heavy atom. The molecule has 15 rings (SSSR count). The van der Waals surface area contributed by atoms with Gasteiger partial charge in [-0.1, -0.05) is 253 Å². The van der Waals surface area contributed by atoms with Gasteiger partial charge in [-0.25, -0.2) is 0 Å². The highest BCUT2D eigenvalue weighted by Crippen LogP contribution is 2.54. The molecule has 91 heavy (non-hydrogen) atoms. The Hall–Kier alpha value is -12.2. The molecule has 0 spiro atoms. The minimum atomic E-state index is -0.198. The van der Waals surface area contributed by atoms with Gasteiger partial charge in [0.25, 0.3) is 0 Å². The molecule has 0 amide bonds. The lowest BCUT2D eigenvalue weighted by atomic mass is 9.79. The molecule has 12 aromatic carbocycles. The average molecular weight is 1150 g/mol. The monoisotopic (exact) mass is 1150 g/mol. The lowest BCUT2D eigenvalue weighted by Gasteiger charge is -2.28. The predicted octanol–water partition coefficient (Wildman–Crippen LogP) is 19.9. The molecule has 1 nitrogen and oxygen atoms in total. The molecule has 3 aliphatic carbocycles. The van der Waals surface area contributed by atoms with Crippen LogP contribution in [0.25, 0.3) is 33.4 Å². The first-order valence-corrected chi connectivity index (χ1v) is 30.9. The molecule has 3 unspecified atom stereocenters. The van der Waals surface area contributed by atoms with E-state index in [4.69, 9.17) is 19.3 Å². The molecule has 422 valence electrons. The summed E-state index contributed by atoms with van der Waals surface area (Å²) in [5.74, 6) is 30.0. The molecule has 1 heteroatoms. The van der Waals surface area contributed by atoms with Gasteiger partial charge in [0.2, 0.25) is 0 Å². The number of rotatable bonds is 9. The second kappa shape index (κ2) is 24.2. The van der Waals surface area contributed by atoms with Crippen LogP contribution in [-0.4, -0.2) is 0 Å². The quantitative estimate of drug-likeness (QED) is 0.130. The molecule has 0 fully saturated rings. The summed E-state index contributed by atoms with van der Waals surface area (Å²) in [5, 5.41) is 0. The second-order valence-corrected chi connectivity index (χ2v) is 23.5. The molecule has 0 aliphatic heterocycles. The lowest BCUT2D eigenvalue weighted by molar-refractivity contribution is 0.750. The van der Waals surface area contributed by atoms with Gasteiger partial charge in [-0.15, -0.1) is 19.3 Å². The molecule has 12 aromatic rings. The molecule has 3 atom stereocenters. The first-order valence-electron chi connectivity index (χ1n) is 30.9. The summed E-state index contributed by atoms with van der Waals surface area (Å²) in [6, 6.07) is 104. The van der Waals surface area contributed by atoms with Gasteiger partial charge in [-0.3, -0.25) is 0 Å². The van der Waals surface area contributed by atoms with E-state index in [1.54, 1.807) is 0 Å². The second-order valence-electron chi connectivity index (χ2n) is 23.5. The van der Waals surface area contributed by atoms with Crippen molar-refractivity contribution < 1.29 is 0 Å². The highest BCUT2D eigenvalue weighted by molar-refractivity contribution is 5.84. The predicted molar refractivity (Wildman–Crippen MR) is 374 cm³/mol. The van der Waals surface area contributed by atoms with Gasteiger partial charge in [-0.05, 0) is 174 Å². The fraction of sp³-hybridized carbons (Fsp3) is 0.0667. The Balaban J connectivity index is 0.870. The first kappa shape index (κ1) is 55.4. The van der Waals surface area contributed by atoms with E-state index in [9.17, 15) is 0 Å². The van der Waals surface area contributed by atoms with Crippen LogP contribution >= 0.6 is 0 Å². The normalized spacial score (nSPS) is 13.2. The van der Waals surface area contributed by atoms with Crippen molar-refractivity contribution in [1.82, 2.24) is 0 Å². The van der Waals surface area contributed by atoms with E-state index in [1.807, 2.05) is 72.8 Å². The molecule has 3 aliphatic rings. The zero-order valence-electron chi connectivity index (χ0n) is 49.9. The first-order chi connectivity index (χ1) is 45.0. The Kier molecular flexibility index (Phi) is 14.7. The van der Waals surface area contributed by atoms with Crippen molar-refractivity contribution in [2.45, 2.75) is 35.5 Å². The van der Waals surface area contributed by atoms with Gasteiger partial charge < -0.3 is 4.90 Å². The summed E-state index contributed by atoms with van der Waals surface area (Å²) >= 11 is 0. The maximum Gasteiger partial charge on any atom is 0.0565 e. The molecule has 0 aromatic heterocycles. The van der Waals surface area contributed by atoms with Crippen LogP contribution in [0.5, 0.6) is 0 Å². The lowest BCUT2D eigenvalue weighted by Crippen LogP contribution is -2.13. The zero-order chi connectivity index (χ0) is 61.2.